The molecule has 0 heterocycles. The van der Waals surface area contributed by atoms with Crippen LogP contribution in [-0.4, -0.2) is 10.4 Å². The first-order valence-electron chi connectivity index (χ1n) is 2.87. The van der Waals surface area contributed by atoms with Crippen LogP contribution >= 0.6 is 34.2 Å². The van der Waals surface area contributed by atoms with Crippen molar-refractivity contribution in [2.75, 3.05) is 0 Å². The average molecular weight is 281 g/mol. The summed E-state index contributed by atoms with van der Waals surface area (Å²) in [6, 6.07) is 7.38. The summed E-state index contributed by atoms with van der Waals surface area (Å²) in [6.07, 6.45) is 0. The normalized spacial score (nSPS) is 11.6. The van der Waals surface area contributed by atoms with E-state index in [1.165, 1.54) is 0 Å². The van der Waals surface area contributed by atoms with Crippen LogP contribution in [-0.2, 0) is 0 Å². The number of oxime groups is 1. The van der Waals surface area contributed by atoms with Gasteiger partial charge in [0.05, 0.1) is 0 Å². The molecule has 0 bridgehead atoms. The molecule has 0 aliphatic rings. The predicted octanol–water partition coefficient (Wildman–Crippen LogP) is 2.67. The van der Waals surface area contributed by atoms with Crippen molar-refractivity contribution in [2.45, 2.75) is 0 Å². The molecule has 0 radical (unpaired) electrons. The molecular formula is C7H5ClINO. The van der Waals surface area contributed by atoms with E-state index in [0.717, 1.165) is 9.13 Å². The molecule has 0 aliphatic heterocycles. The van der Waals surface area contributed by atoms with E-state index < -0.39 is 0 Å². The fraction of sp³-hybridized carbons (Fsp3) is 0. The molecule has 0 fully saturated rings. The van der Waals surface area contributed by atoms with Gasteiger partial charge in [-0.05, 0) is 34.7 Å². The van der Waals surface area contributed by atoms with Crippen LogP contribution in [0.3, 0.4) is 0 Å². The van der Waals surface area contributed by atoms with Gasteiger partial charge in [-0.3, -0.25) is 0 Å². The summed E-state index contributed by atoms with van der Waals surface area (Å²) in [4.78, 5) is 0. The van der Waals surface area contributed by atoms with Gasteiger partial charge in [0, 0.05) is 9.13 Å². The van der Waals surface area contributed by atoms with Crippen molar-refractivity contribution in [3.8, 4) is 0 Å². The smallest absolute Gasteiger partial charge is 0.175 e. The fourth-order valence-corrected chi connectivity index (χ4v) is 1.13. The molecule has 0 aliphatic carbocycles. The third-order valence-corrected chi connectivity index (χ3v) is 2.18. The highest BCUT2D eigenvalue weighted by Gasteiger charge is 1.97. The van der Waals surface area contributed by atoms with Gasteiger partial charge in [-0.25, -0.2) is 0 Å². The monoisotopic (exact) mass is 281 g/mol. The van der Waals surface area contributed by atoms with Crippen LogP contribution in [0.15, 0.2) is 29.4 Å². The Morgan fingerprint density at radius 1 is 1.36 bits per heavy atom. The lowest BCUT2D eigenvalue weighted by atomic mass is 10.2. The van der Waals surface area contributed by atoms with Crippen molar-refractivity contribution in [1.29, 1.82) is 0 Å². The molecule has 0 amide bonds. The quantitative estimate of drug-likeness (QED) is 0.365. The minimum absolute atomic E-state index is 0.112. The van der Waals surface area contributed by atoms with Crippen LogP contribution in [0, 0.1) is 3.57 Å². The highest BCUT2D eigenvalue weighted by molar-refractivity contribution is 14.1. The first kappa shape index (κ1) is 8.80. The lowest BCUT2D eigenvalue weighted by Crippen LogP contribution is -1.89. The van der Waals surface area contributed by atoms with E-state index in [1.54, 1.807) is 12.1 Å². The zero-order valence-corrected chi connectivity index (χ0v) is 8.37. The predicted molar refractivity (Wildman–Crippen MR) is 53.3 cm³/mol. The summed E-state index contributed by atoms with van der Waals surface area (Å²) in [5.41, 5.74) is 0.717. The molecule has 0 saturated heterocycles. The Kier molecular flexibility index (Phi) is 3.14. The molecular weight excluding hydrogens is 276 g/mol. The fourth-order valence-electron chi connectivity index (χ4n) is 0.645. The molecule has 0 aromatic heterocycles. The second kappa shape index (κ2) is 3.92. The number of hydrogen-bond acceptors (Lipinski definition) is 2. The maximum atomic E-state index is 8.31. The van der Waals surface area contributed by atoms with Crippen molar-refractivity contribution in [1.82, 2.24) is 0 Å². The first-order chi connectivity index (χ1) is 5.24. The van der Waals surface area contributed by atoms with Gasteiger partial charge < -0.3 is 5.21 Å². The third-order valence-electron chi connectivity index (χ3n) is 1.17. The van der Waals surface area contributed by atoms with Crippen LogP contribution in [0.25, 0.3) is 0 Å². The Morgan fingerprint density at radius 2 is 1.91 bits per heavy atom. The van der Waals surface area contributed by atoms with Gasteiger partial charge in [0.25, 0.3) is 0 Å². The van der Waals surface area contributed by atoms with Gasteiger partial charge in [0.1, 0.15) is 0 Å². The molecule has 11 heavy (non-hydrogen) atoms. The van der Waals surface area contributed by atoms with Crippen LogP contribution in [0.4, 0.5) is 0 Å². The Labute approximate surface area is 83.0 Å². The summed E-state index contributed by atoms with van der Waals surface area (Å²) in [5.74, 6) is 0. The number of hydrogen-bond donors (Lipinski definition) is 1. The molecule has 0 saturated carbocycles. The highest BCUT2D eigenvalue weighted by atomic mass is 127. The largest absolute Gasteiger partial charge is 0.410 e. The molecule has 4 heteroatoms. The lowest BCUT2D eigenvalue weighted by Gasteiger charge is -1.94. The third kappa shape index (κ3) is 2.34. The topological polar surface area (TPSA) is 32.6 Å². The summed E-state index contributed by atoms with van der Waals surface area (Å²) < 4.78 is 1.12. The Morgan fingerprint density at radius 3 is 2.36 bits per heavy atom. The van der Waals surface area contributed by atoms with Crippen molar-refractivity contribution in [3.05, 3.63) is 33.4 Å². The maximum absolute atomic E-state index is 8.31. The molecule has 0 unspecified atom stereocenters. The zero-order valence-electron chi connectivity index (χ0n) is 5.46. The minimum Gasteiger partial charge on any atom is -0.410 e. The summed E-state index contributed by atoms with van der Waals surface area (Å²) in [7, 11) is 0. The number of halogens is 2. The molecule has 0 atom stereocenters. The summed E-state index contributed by atoms with van der Waals surface area (Å²) in [5, 5.41) is 11.3. The number of rotatable bonds is 1. The van der Waals surface area contributed by atoms with Gasteiger partial charge in [0.2, 0.25) is 0 Å². The van der Waals surface area contributed by atoms with Crippen LogP contribution < -0.4 is 0 Å². The van der Waals surface area contributed by atoms with E-state index in [-0.39, 0.29) is 5.17 Å². The minimum atomic E-state index is 0.112. The molecule has 1 N–H and O–H groups in total. The lowest BCUT2D eigenvalue weighted by molar-refractivity contribution is 0.321. The van der Waals surface area contributed by atoms with Crippen molar-refractivity contribution in [3.63, 3.8) is 0 Å². The molecule has 2 nitrogen and oxygen atoms in total. The first-order valence-corrected chi connectivity index (χ1v) is 4.33. The SMILES string of the molecule is O/N=C(/Cl)c1ccc(I)cc1. The van der Waals surface area contributed by atoms with Gasteiger partial charge >= 0.3 is 0 Å². The Hall–Kier alpha value is -0.290. The van der Waals surface area contributed by atoms with E-state index in [0.29, 0.717) is 0 Å². The van der Waals surface area contributed by atoms with Gasteiger partial charge in [0.15, 0.2) is 5.17 Å². The van der Waals surface area contributed by atoms with E-state index in [4.69, 9.17) is 16.8 Å². The van der Waals surface area contributed by atoms with Crippen molar-refractivity contribution in [2.24, 2.45) is 5.16 Å². The summed E-state index contributed by atoms with van der Waals surface area (Å²) in [6.45, 7) is 0. The van der Waals surface area contributed by atoms with E-state index in [9.17, 15) is 0 Å². The number of benzene rings is 1. The molecule has 1 rings (SSSR count). The van der Waals surface area contributed by atoms with Crippen molar-refractivity contribution >= 4 is 39.4 Å². The highest BCUT2D eigenvalue weighted by Crippen LogP contribution is 2.09. The van der Waals surface area contributed by atoms with Gasteiger partial charge in [-0.15, -0.1) is 0 Å². The Balaban J connectivity index is 2.99. The van der Waals surface area contributed by atoms with Crippen LogP contribution in [0.5, 0.6) is 0 Å². The van der Waals surface area contributed by atoms with Crippen LogP contribution in [0.1, 0.15) is 5.56 Å². The van der Waals surface area contributed by atoms with Crippen molar-refractivity contribution < 1.29 is 5.21 Å². The molecule has 0 spiro atoms. The van der Waals surface area contributed by atoms with E-state index >= 15 is 0 Å². The Bertz CT molecular complexity index is 270. The molecule has 1 aromatic rings. The van der Waals surface area contributed by atoms with E-state index in [1.807, 2.05) is 12.1 Å². The maximum Gasteiger partial charge on any atom is 0.175 e. The van der Waals surface area contributed by atoms with Crippen LogP contribution in [0.2, 0.25) is 0 Å². The molecule has 1 aromatic carbocycles. The van der Waals surface area contributed by atoms with Gasteiger partial charge in [-0.1, -0.05) is 28.9 Å². The second-order valence-corrected chi connectivity index (χ2v) is 3.50. The second-order valence-electron chi connectivity index (χ2n) is 1.90. The van der Waals surface area contributed by atoms with E-state index in [2.05, 4.69) is 27.7 Å². The zero-order chi connectivity index (χ0) is 8.27. The molecule has 58 valence electrons. The average Bonchev–Trinajstić information content (AvgIpc) is 2.05. The summed E-state index contributed by atoms with van der Waals surface area (Å²) >= 11 is 7.73. The number of nitrogens with zero attached hydrogens (tertiary/aromatic N) is 1. The standard InChI is InChI=1S/C7H5ClINO/c8-7(10-11)5-1-3-6(9)4-2-5/h1-4,11H/b10-7+. The van der Waals surface area contributed by atoms with Gasteiger partial charge in [-0.2, -0.15) is 0 Å².